The average molecular weight is 402 g/mol. The average Bonchev–Trinajstić information content (AvgIpc) is 3.38. The topological polar surface area (TPSA) is 83.9 Å². The Labute approximate surface area is 168 Å². The number of H-pyrrole nitrogens is 1. The Kier molecular flexibility index (Phi) is 4.30. The Balaban J connectivity index is 1.35. The number of hydrogen-bond acceptors (Lipinski definition) is 4. The summed E-state index contributed by atoms with van der Waals surface area (Å²) in [5.74, 6) is 1.40. The van der Waals surface area contributed by atoms with Crippen LogP contribution in [0.1, 0.15) is 61.5 Å². The molecule has 2 aliphatic carbocycles. The molecule has 2 fully saturated rings. The van der Waals surface area contributed by atoms with Crippen molar-refractivity contribution >= 4 is 17.5 Å². The highest BCUT2D eigenvalue weighted by Crippen LogP contribution is 2.45. The summed E-state index contributed by atoms with van der Waals surface area (Å²) < 4.78 is 1.70. The fraction of sp³-hybridized carbons (Fsp3) is 0.600. The van der Waals surface area contributed by atoms with Crippen LogP contribution in [-0.4, -0.2) is 43.6 Å². The van der Waals surface area contributed by atoms with Crippen LogP contribution in [0.15, 0.2) is 17.2 Å². The Bertz CT molecular complexity index is 979. The number of amides is 1. The van der Waals surface area contributed by atoms with Crippen molar-refractivity contribution < 1.29 is 4.79 Å². The highest BCUT2D eigenvalue weighted by molar-refractivity contribution is 6.30. The number of carbonyl (C=O) groups is 1. The molecule has 8 heteroatoms. The highest BCUT2D eigenvalue weighted by atomic mass is 35.5. The quantitative estimate of drug-likeness (QED) is 0.852. The van der Waals surface area contributed by atoms with Gasteiger partial charge in [-0.1, -0.05) is 11.6 Å². The maximum Gasteiger partial charge on any atom is 0.254 e. The van der Waals surface area contributed by atoms with Gasteiger partial charge in [0.25, 0.3) is 5.56 Å². The minimum Gasteiger partial charge on any atom is -0.342 e. The van der Waals surface area contributed by atoms with Crippen LogP contribution in [0.3, 0.4) is 0 Å². The molecule has 1 unspecified atom stereocenters. The maximum absolute atomic E-state index is 12.8. The predicted octanol–water partition coefficient (Wildman–Crippen LogP) is 2.39. The van der Waals surface area contributed by atoms with Crippen LogP contribution in [0, 0.1) is 0 Å². The van der Waals surface area contributed by atoms with Crippen LogP contribution < -0.4 is 5.56 Å². The van der Waals surface area contributed by atoms with Crippen molar-refractivity contribution in [1.82, 2.24) is 24.6 Å². The van der Waals surface area contributed by atoms with Crippen molar-refractivity contribution in [3.8, 4) is 0 Å². The van der Waals surface area contributed by atoms with Crippen LogP contribution in [0.5, 0.6) is 0 Å². The zero-order valence-electron chi connectivity index (χ0n) is 15.8. The molecular weight excluding hydrogens is 378 g/mol. The fourth-order valence-electron chi connectivity index (χ4n) is 4.79. The zero-order chi connectivity index (χ0) is 19.3. The minimum atomic E-state index is -0.157. The summed E-state index contributed by atoms with van der Waals surface area (Å²) in [6, 6.07) is 0. The van der Waals surface area contributed by atoms with Gasteiger partial charge in [-0.3, -0.25) is 14.3 Å². The summed E-state index contributed by atoms with van der Waals surface area (Å²) in [6.45, 7) is 1.96. The van der Waals surface area contributed by atoms with Crippen molar-refractivity contribution in [3.63, 3.8) is 0 Å². The molecule has 2 aromatic rings. The first-order valence-electron chi connectivity index (χ1n) is 10.1. The van der Waals surface area contributed by atoms with E-state index >= 15 is 0 Å². The summed E-state index contributed by atoms with van der Waals surface area (Å²) in [5.41, 5.74) is 1.68. The summed E-state index contributed by atoms with van der Waals surface area (Å²) in [4.78, 5) is 35.3. The van der Waals surface area contributed by atoms with E-state index in [1.54, 1.807) is 17.1 Å². The van der Waals surface area contributed by atoms with E-state index < -0.39 is 0 Å². The van der Waals surface area contributed by atoms with Crippen LogP contribution in [0.2, 0.25) is 5.02 Å². The first kappa shape index (κ1) is 17.9. The second-order valence-electron chi connectivity index (χ2n) is 8.42. The number of nitrogens with zero attached hydrogens (tertiary/aromatic N) is 4. The third-order valence-electron chi connectivity index (χ3n) is 6.44. The van der Waals surface area contributed by atoms with E-state index in [2.05, 4.69) is 10.1 Å². The van der Waals surface area contributed by atoms with E-state index in [1.165, 1.54) is 0 Å². The van der Waals surface area contributed by atoms with E-state index in [4.69, 9.17) is 16.6 Å². The van der Waals surface area contributed by atoms with Gasteiger partial charge in [-0.2, -0.15) is 5.10 Å². The van der Waals surface area contributed by atoms with Gasteiger partial charge in [0.1, 0.15) is 5.82 Å². The van der Waals surface area contributed by atoms with Crippen molar-refractivity contribution in [3.05, 3.63) is 44.9 Å². The fourth-order valence-corrected chi connectivity index (χ4v) is 4.95. The smallest absolute Gasteiger partial charge is 0.254 e. The van der Waals surface area contributed by atoms with Gasteiger partial charge in [-0.15, -0.1) is 0 Å². The lowest BCUT2D eigenvalue weighted by atomic mass is 9.77. The van der Waals surface area contributed by atoms with Crippen LogP contribution >= 0.6 is 11.6 Å². The third-order valence-corrected chi connectivity index (χ3v) is 6.64. The molecule has 1 saturated heterocycles. The normalized spacial score (nSPS) is 24.0. The predicted molar refractivity (Wildman–Crippen MR) is 104 cm³/mol. The van der Waals surface area contributed by atoms with Crippen molar-refractivity contribution in [2.45, 2.75) is 62.8 Å². The number of aromatic amines is 1. The largest absolute Gasteiger partial charge is 0.342 e. The molecular formula is C20H24ClN5O2. The van der Waals surface area contributed by atoms with Crippen molar-refractivity contribution in [1.29, 1.82) is 0 Å². The molecule has 1 atom stereocenters. The second-order valence-corrected chi connectivity index (χ2v) is 8.86. The molecule has 7 nitrogen and oxygen atoms in total. The lowest BCUT2D eigenvalue weighted by Crippen LogP contribution is -2.48. The second kappa shape index (κ2) is 6.72. The minimum absolute atomic E-state index is 0.0304. The van der Waals surface area contributed by atoms with E-state index in [1.807, 2.05) is 4.90 Å². The summed E-state index contributed by atoms with van der Waals surface area (Å²) in [5, 5.41) is 4.72. The summed E-state index contributed by atoms with van der Waals surface area (Å²) in [7, 11) is 0. The first-order valence-corrected chi connectivity index (χ1v) is 10.5. The summed E-state index contributed by atoms with van der Waals surface area (Å²) >= 11 is 5.89. The van der Waals surface area contributed by atoms with E-state index in [0.717, 1.165) is 62.2 Å². The molecule has 1 aliphatic heterocycles. The van der Waals surface area contributed by atoms with Crippen molar-refractivity contribution in [2.24, 2.45) is 0 Å². The Hall–Kier alpha value is -2.15. The zero-order valence-corrected chi connectivity index (χ0v) is 16.5. The molecule has 0 bridgehead atoms. The van der Waals surface area contributed by atoms with Crippen LogP contribution in [0.4, 0.5) is 0 Å². The molecule has 1 saturated carbocycles. The van der Waals surface area contributed by atoms with Gasteiger partial charge in [-0.05, 0) is 38.5 Å². The van der Waals surface area contributed by atoms with Crippen LogP contribution in [-0.2, 0) is 23.2 Å². The van der Waals surface area contributed by atoms with Gasteiger partial charge in [0.15, 0.2) is 0 Å². The number of halogens is 1. The molecule has 0 radical (unpaired) electrons. The van der Waals surface area contributed by atoms with E-state index in [-0.39, 0.29) is 16.9 Å². The molecule has 1 N–H and O–H groups in total. The van der Waals surface area contributed by atoms with Gasteiger partial charge in [0, 0.05) is 49.1 Å². The Morgan fingerprint density at radius 3 is 2.96 bits per heavy atom. The molecule has 1 spiro atoms. The number of nitrogens with one attached hydrogen (secondary N) is 1. The third kappa shape index (κ3) is 3.15. The molecule has 1 amide bonds. The number of likely N-dealkylation sites (tertiary alicyclic amines) is 1. The van der Waals surface area contributed by atoms with Gasteiger partial charge in [-0.25, -0.2) is 4.98 Å². The summed E-state index contributed by atoms with van der Waals surface area (Å²) in [6.07, 6.45) is 9.55. The maximum atomic E-state index is 12.8. The molecule has 148 valence electrons. The SMILES string of the molecule is O=C(CCn1cc(Cl)cn1)N1CCCC2(CCc3c2nc(C2CC2)[nH]c3=O)C1. The molecule has 3 aliphatic rings. The van der Waals surface area contributed by atoms with Gasteiger partial charge < -0.3 is 9.88 Å². The molecule has 3 heterocycles. The molecule has 28 heavy (non-hydrogen) atoms. The van der Waals surface area contributed by atoms with Crippen molar-refractivity contribution in [2.75, 3.05) is 13.1 Å². The number of hydrogen-bond donors (Lipinski definition) is 1. The molecule has 2 aromatic heterocycles. The standard InChI is InChI=1S/C20H24ClN5O2/c21-14-10-22-26(11-14)9-5-16(27)25-8-1-6-20(12-25)7-4-15-17(20)23-18(13-2-3-13)24-19(15)28/h10-11,13H,1-9,12H2,(H,23,24,28). The van der Waals surface area contributed by atoms with E-state index in [9.17, 15) is 9.59 Å². The lowest BCUT2D eigenvalue weighted by molar-refractivity contribution is -0.133. The van der Waals surface area contributed by atoms with Crippen LogP contribution in [0.25, 0.3) is 0 Å². The molecule has 0 aromatic carbocycles. The number of fused-ring (bicyclic) bond motifs is 2. The number of piperidine rings is 1. The monoisotopic (exact) mass is 401 g/mol. The Morgan fingerprint density at radius 1 is 1.36 bits per heavy atom. The van der Waals surface area contributed by atoms with Gasteiger partial charge >= 0.3 is 0 Å². The Morgan fingerprint density at radius 2 is 2.21 bits per heavy atom. The first-order chi connectivity index (χ1) is 13.5. The van der Waals surface area contributed by atoms with Gasteiger partial charge in [0.2, 0.25) is 5.91 Å². The lowest BCUT2D eigenvalue weighted by Gasteiger charge is -2.40. The van der Waals surface area contributed by atoms with Gasteiger partial charge in [0.05, 0.1) is 16.9 Å². The number of carbonyl (C=O) groups excluding carboxylic acids is 1. The van der Waals surface area contributed by atoms with E-state index in [0.29, 0.717) is 30.5 Å². The number of aromatic nitrogens is 4. The number of rotatable bonds is 4. The molecule has 5 rings (SSSR count). The number of aryl methyl sites for hydroxylation is 1. The highest BCUT2D eigenvalue weighted by Gasteiger charge is 2.46.